The summed E-state index contributed by atoms with van der Waals surface area (Å²) in [6, 6.07) is 0.165. The van der Waals surface area contributed by atoms with Crippen molar-refractivity contribution in [3.8, 4) is 0 Å². The zero-order valence-electron chi connectivity index (χ0n) is 15.0. The van der Waals surface area contributed by atoms with Gasteiger partial charge in [0.05, 0.1) is 28.3 Å². The van der Waals surface area contributed by atoms with Crippen molar-refractivity contribution < 1.29 is 4.79 Å². The highest BCUT2D eigenvalue weighted by molar-refractivity contribution is 6.35. The molecule has 1 fully saturated rings. The van der Waals surface area contributed by atoms with Crippen LogP contribution in [0.25, 0.3) is 11.0 Å². The third-order valence-electron chi connectivity index (χ3n) is 4.90. The number of aromatic nitrogens is 5. The molecule has 0 unspecified atom stereocenters. The number of nitrogens with zero attached hydrogens (tertiary/aromatic N) is 6. The fraction of sp³-hybridized carbons (Fsp3) is 0.412. The fourth-order valence-corrected chi connectivity index (χ4v) is 3.96. The molecule has 1 aliphatic heterocycles. The first-order chi connectivity index (χ1) is 12.9. The smallest absolute Gasteiger partial charge is 0.229 e. The molecule has 0 saturated carbocycles. The normalized spacial score (nSPS) is 15.5. The largest absolute Gasteiger partial charge is 0.343 e. The number of piperidine rings is 1. The van der Waals surface area contributed by atoms with E-state index in [2.05, 4.69) is 20.4 Å². The molecule has 0 aromatic carbocycles. The highest BCUT2D eigenvalue weighted by Gasteiger charge is 2.25. The van der Waals surface area contributed by atoms with Gasteiger partial charge < -0.3 is 14.8 Å². The van der Waals surface area contributed by atoms with Crippen molar-refractivity contribution in [1.29, 1.82) is 0 Å². The van der Waals surface area contributed by atoms with Gasteiger partial charge in [-0.15, -0.1) is 0 Å². The second kappa shape index (κ2) is 7.01. The number of nitrogens with one attached hydrogen (secondary N) is 1. The van der Waals surface area contributed by atoms with Crippen LogP contribution in [0.4, 0.5) is 11.6 Å². The fourth-order valence-electron chi connectivity index (χ4n) is 3.40. The Labute approximate surface area is 166 Å². The average Bonchev–Trinajstić information content (AvgIpc) is 3.15. The van der Waals surface area contributed by atoms with E-state index in [0.29, 0.717) is 34.9 Å². The molecule has 4 heterocycles. The molecule has 10 heteroatoms. The molecule has 1 amide bonds. The summed E-state index contributed by atoms with van der Waals surface area (Å²) < 4.78 is 3.65. The third-order valence-corrected chi connectivity index (χ3v) is 5.58. The van der Waals surface area contributed by atoms with Gasteiger partial charge in [0, 0.05) is 39.5 Å². The number of anilines is 2. The van der Waals surface area contributed by atoms with E-state index in [0.717, 1.165) is 23.9 Å². The maximum Gasteiger partial charge on any atom is 0.229 e. The summed E-state index contributed by atoms with van der Waals surface area (Å²) in [7, 11) is 1.88. The Hall–Kier alpha value is -2.32. The van der Waals surface area contributed by atoms with Crippen LogP contribution in [-0.2, 0) is 11.8 Å². The summed E-state index contributed by atoms with van der Waals surface area (Å²) in [4.78, 5) is 22.1. The van der Waals surface area contributed by atoms with Crippen LogP contribution in [0.5, 0.6) is 0 Å². The summed E-state index contributed by atoms with van der Waals surface area (Å²) in [5, 5.41) is 9.47. The molecule has 4 rings (SSSR count). The first-order valence-corrected chi connectivity index (χ1v) is 9.42. The molecule has 0 radical (unpaired) electrons. The summed E-state index contributed by atoms with van der Waals surface area (Å²) >= 11 is 12.7. The van der Waals surface area contributed by atoms with E-state index in [1.165, 1.54) is 0 Å². The van der Waals surface area contributed by atoms with E-state index in [9.17, 15) is 4.79 Å². The standard InChI is InChI=1S/C17H19Cl2N7O/c1-10(27)25-5-3-11(4-6-25)26-15(19)14(8-21-26)22-17-20-7-12-13(18)9-24(2)16(12)23-17/h7-9,11H,3-6H2,1-2H3,(H,20,22,23). The summed E-state index contributed by atoms with van der Waals surface area (Å²) in [6.45, 7) is 3.03. The Morgan fingerprint density at radius 3 is 2.70 bits per heavy atom. The lowest BCUT2D eigenvalue weighted by Crippen LogP contribution is -2.37. The van der Waals surface area contributed by atoms with Gasteiger partial charge in [0.2, 0.25) is 11.9 Å². The number of carbonyl (C=O) groups is 1. The molecule has 1 saturated heterocycles. The number of amides is 1. The Morgan fingerprint density at radius 2 is 2.00 bits per heavy atom. The summed E-state index contributed by atoms with van der Waals surface area (Å²) in [5.74, 6) is 0.531. The van der Waals surface area contributed by atoms with Crippen LogP contribution in [0.15, 0.2) is 18.6 Å². The van der Waals surface area contributed by atoms with Gasteiger partial charge in [0.15, 0.2) is 5.15 Å². The van der Waals surface area contributed by atoms with Crippen molar-refractivity contribution in [3.63, 3.8) is 0 Å². The van der Waals surface area contributed by atoms with Crippen LogP contribution in [-0.4, -0.2) is 48.2 Å². The molecule has 3 aromatic heterocycles. The third kappa shape index (κ3) is 3.35. The molecule has 1 aliphatic rings. The predicted octanol–water partition coefficient (Wildman–Crippen LogP) is 3.40. The Kier molecular flexibility index (Phi) is 4.69. The van der Waals surface area contributed by atoms with E-state index in [1.807, 2.05) is 16.5 Å². The Balaban J connectivity index is 1.53. The predicted molar refractivity (Wildman–Crippen MR) is 105 cm³/mol. The first kappa shape index (κ1) is 18.1. The minimum absolute atomic E-state index is 0.107. The summed E-state index contributed by atoms with van der Waals surface area (Å²) in [5.41, 5.74) is 1.38. The first-order valence-electron chi connectivity index (χ1n) is 8.67. The number of hydrogen-bond donors (Lipinski definition) is 1. The SMILES string of the molecule is CC(=O)N1CCC(n2ncc(Nc3ncc4c(Cl)cn(C)c4n3)c2Cl)CC1. The van der Waals surface area contributed by atoms with Gasteiger partial charge in [0.1, 0.15) is 5.65 Å². The van der Waals surface area contributed by atoms with Crippen molar-refractivity contribution in [3.05, 3.63) is 28.8 Å². The Bertz CT molecular complexity index is 1000. The van der Waals surface area contributed by atoms with Gasteiger partial charge in [-0.2, -0.15) is 10.1 Å². The number of fused-ring (bicyclic) bond motifs is 1. The van der Waals surface area contributed by atoms with Crippen LogP contribution in [0.2, 0.25) is 10.2 Å². The van der Waals surface area contributed by atoms with Crippen molar-refractivity contribution >= 4 is 51.8 Å². The zero-order valence-corrected chi connectivity index (χ0v) is 16.5. The quantitative estimate of drug-likeness (QED) is 0.719. The molecule has 8 nitrogen and oxygen atoms in total. The maximum atomic E-state index is 11.5. The highest BCUT2D eigenvalue weighted by Crippen LogP contribution is 2.31. The van der Waals surface area contributed by atoms with Gasteiger partial charge >= 0.3 is 0 Å². The van der Waals surface area contributed by atoms with E-state index in [-0.39, 0.29) is 11.9 Å². The average molecular weight is 408 g/mol. The summed E-state index contributed by atoms with van der Waals surface area (Å²) in [6.07, 6.45) is 6.80. The van der Waals surface area contributed by atoms with Gasteiger partial charge in [-0.3, -0.25) is 4.79 Å². The topological polar surface area (TPSA) is 80.9 Å². The lowest BCUT2D eigenvalue weighted by Gasteiger charge is -2.31. The molecule has 3 aromatic rings. The molecule has 0 aliphatic carbocycles. The van der Waals surface area contributed by atoms with Gasteiger partial charge in [0.25, 0.3) is 0 Å². The molecule has 27 heavy (non-hydrogen) atoms. The number of likely N-dealkylation sites (tertiary alicyclic amines) is 1. The number of aryl methyl sites for hydroxylation is 1. The molecular weight excluding hydrogens is 389 g/mol. The number of halogens is 2. The van der Waals surface area contributed by atoms with Crippen LogP contribution in [0, 0.1) is 0 Å². The van der Waals surface area contributed by atoms with E-state index in [4.69, 9.17) is 23.2 Å². The van der Waals surface area contributed by atoms with Crippen LogP contribution >= 0.6 is 23.2 Å². The number of hydrogen-bond acceptors (Lipinski definition) is 5. The lowest BCUT2D eigenvalue weighted by atomic mass is 10.1. The monoisotopic (exact) mass is 407 g/mol. The zero-order chi connectivity index (χ0) is 19.1. The maximum absolute atomic E-state index is 11.5. The second-order valence-electron chi connectivity index (χ2n) is 6.67. The molecular formula is C17H19Cl2N7O. The minimum atomic E-state index is 0.107. The van der Waals surface area contributed by atoms with Gasteiger partial charge in [-0.1, -0.05) is 23.2 Å². The van der Waals surface area contributed by atoms with E-state index >= 15 is 0 Å². The van der Waals surface area contributed by atoms with Crippen LogP contribution in [0.1, 0.15) is 25.8 Å². The van der Waals surface area contributed by atoms with Crippen LogP contribution < -0.4 is 5.32 Å². The molecule has 0 spiro atoms. The van der Waals surface area contributed by atoms with Crippen molar-refractivity contribution in [2.75, 3.05) is 18.4 Å². The molecule has 1 N–H and O–H groups in total. The minimum Gasteiger partial charge on any atom is -0.343 e. The van der Waals surface area contributed by atoms with Crippen molar-refractivity contribution in [2.45, 2.75) is 25.8 Å². The number of rotatable bonds is 3. The second-order valence-corrected chi connectivity index (χ2v) is 7.44. The number of carbonyl (C=O) groups excluding carboxylic acids is 1. The molecule has 0 bridgehead atoms. The lowest BCUT2D eigenvalue weighted by molar-refractivity contribution is -0.130. The highest BCUT2D eigenvalue weighted by atomic mass is 35.5. The van der Waals surface area contributed by atoms with E-state index < -0.39 is 0 Å². The molecule has 0 atom stereocenters. The van der Waals surface area contributed by atoms with Gasteiger partial charge in [-0.05, 0) is 12.8 Å². The van der Waals surface area contributed by atoms with Crippen molar-refractivity contribution in [2.24, 2.45) is 7.05 Å². The Morgan fingerprint density at radius 1 is 1.26 bits per heavy atom. The van der Waals surface area contributed by atoms with Crippen molar-refractivity contribution in [1.82, 2.24) is 29.2 Å². The van der Waals surface area contributed by atoms with Crippen LogP contribution in [0.3, 0.4) is 0 Å². The van der Waals surface area contributed by atoms with Gasteiger partial charge in [-0.25, -0.2) is 9.67 Å². The molecule has 142 valence electrons. The van der Waals surface area contributed by atoms with E-state index in [1.54, 1.807) is 30.2 Å².